The lowest BCUT2D eigenvalue weighted by Crippen LogP contribution is -2.31. The second kappa shape index (κ2) is 12.5. The molecule has 3 atom stereocenters. The molecule has 1 aliphatic heterocycles. The number of aromatic nitrogens is 5. The van der Waals surface area contributed by atoms with Crippen molar-refractivity contribution < 1.29 is 9.84 Å². The summed E-state index contributed by atoms with van der Waals surface area (Å²) >= 11 is 3.92. The molecule has 0 bridgehead atoms. The molecule has 4 aromatic rings. The number of ether oxygens (including phenoxy) is 1. The van der Waals surface area contributed by atoms with Gasteiger partial charge in [0.15, 0.2) is 5.16 Å². The van der Waals surface area contributed by atoms with Crippen LogP contribution in [0.2, 0.25) is 0 Å². The third-order valence-electron chi connectivity index (χ3n) is 8.53. The minimum Gasteiger partial charge on any atom is -0.508 e. The van der Waals surface area contributed by atoms with E-state index < -0.39 is 0 Å². The summed E-state index contributed by atoms with van der Waals surface area (Å²) in [5.41, 5.74) is 8.26. The first kappa shape index (κ1) is 30.0. The molecule has 3 aromatic heterocycles. The molecule has 2 fully saturated rings. The third kappa shape index (κ3) is 5.53. The van der Waals surface area contributed by atoms with Crippen molar-refractivity contribution in [3.63, 3.8) is 0 Å². The minimum absolute atomic E-state index is 0.216. The SMILES string of the molecule is CCC(C)c1c(-c2c(C)nc(SC)nc2N2CCOCC(C)C2)ccnc1-c1c(C2CC2)c(O)cc2c1cnn2PI. The molecule has 222 valence electrons. The highest BCUT2D eigenvalue weighted by molar-refractivity contribution is 14.2. The molecule has 1 aromatic carbocycles. The molecule has 1 saturated carbocycles. The lowest BCUT2D eigenvalue weighted by atomic mass is 9.84. The number of thioether (sulfide) groups is 1. The highest BCUT2D eigenvalue weighted by Crippen LogP contribution is 2.53. The number of halogens is 1. The predicted octanol–water partition coefficient (Wildman–Crippen LogP) is 7.95. The molecule has 6 rings (SSSR count). The standard InChI is InChI=1S/C31H38IN6O2PS/c1-6-18(3)25-21(26-19(4)35-31(42-5)36-30(26)37-11-12-40-16-17(2)15-37)9-10-33-29(25)28-22-14-34-38(41-32)23(22)13-24(39)27(28)20-7-8-20/h9-10,13-14,17-18,20,39,41H,6-8,11-12,15-16H2,1-5H3. The van der Waals surface area contributed by atoms with Crippen molar-refractivity contribution in [1.82, 2.24) is 24.5 Å². The molecule has 0 spiro atoms. The highest BCUT2D eigenvalue weighted by Gasteiger charge is 2.34. The summed E-state index contributed by atoms with van der Waals surface area (Å²) < 4.78 is 7.89. The van der Waals surface area contributed by atoms with Gasteiger partial charge in [-0.15, -0.1) is 0 Å². The maximum Gasteiger partial charge on any atom is 0.189 e. The Kier molecular flexibility index (Phi) is 8.97. The Morgan fingerprint density at radius 2 is 2.07 bits per heavy atom. The van der Waals surface area contributed by atoms with Crippen molar-refractivity contribution in [3.8, 4) is 28.1 Å². The maximum absolute atomic E-state index is 11.4. The molecule has 1 N–H and O–H groups in total. The van der Waals surface area contributed by atoms with E-state index in [0.717, 1.165) is 94.5 Å². The van der Waals surface area contributed by atoms with Crippen LogP contribution in [0.3, 0.4) is 0 Å². The summed E-state index contributed by atoms with van der Waals surface area (Å²) in [6.45, 7) is 11.9. The lowest BCUT2D eigenvalue weighted by Gasteiger charge is -2.28. The number of hydrogen-bond donors (Lipinski definition) is 1. The van der Waals surface area contributed by atoms with Gasteiger partial charge in [-0.05, 0) is 89.4 Å². The highest BCUT2D eigenvalue weighted by atomic mass is 127. The molecule has 1 saturated heterocycles. The molecular weight excluding hydrogens is 678 g/mol. The van der Waals surface area contributed by atoms with Crippen molar-refractivity contribution in [1.29, 1.82) is 0 Å². The molecule has 0 radical (unpaired) electrons. The average molecular weight is 717 g/mol. The van der Waals surface area contributed by atoms with Gasteiger partial charge in [-0.3, -0.25) is 4.98 Å². The Hall–Kier alpha value is -2.01. The number of fused-ring (bicyclic) bond motifs is 1. The van der Waals surface area contributed by atoms with Gasteiger partial charge in [0, 0.05) is 47.4 Å². The van der Waals surface area contributed by atoms with Crippen LogP contribution >= 0.6 is 40.2 Å². The number of benzene rings is 1. The van der Waals surface area contributed by atoms with E-state index in [-0.39, 0.29) is 5.92 Å². The van der Waals surface area contributed by atoms with Crippen LogP contribution in [0.5, 0.6) is 5.75 Å². The summed E-state index contributed by atoms with van der Waals surface area (Å²) in [5, 5.41) is 18.0. The van der Waals surface area contributed by atoms with Crippen LogP contribution in [0.1, 0.15) is 68.7 Å². The fourth-order valence-corrected chi connectivity index (χ4v) is 8.15. The molecular formula is C31H38IN6O2PS. The zero-order chi connectivity index (χ0) is 29.5. The Labute approximate surface area is 266 Å². The normalized spacial score (nSPS) is 18.7. The number of rotatable bonds is 8. The first-order valence-electron chi connectivity index (χ1n) is 14.7. The first-order valence-corrected chi connectivity index (χ1v) is 20.0. The summed E-state index contributed by atoms with van der Waals surface area (Å²) in [7, 11) is 0. The van der Waals surface area contributed by atoms with Crippen LogP contribution in [-0.2, 0) is 4.74 Å². The Morgan fingerprint density at radius 3 is 2.79 bits per heavy atom. The number of aryl methyl sites for hydroxylation is 1. The number of hydrogen-bond acceptors (Lipinski definition) is 8. The summed E-state index contributed by atoms with van der Waals surface area (Å²) in [6, 6.07) is 4.04. The molecule has 42 heavy (non-hydrogen) atoms. The summed E-state index contributed by atoms with van der Waals surface area (Å²) in [5.74, 6) is 2.26. The Morgan fingerprint density at radius 1 is 1.26 bits per heavy atom. The minimum atomic E-state index is 0.216. The van der Waals surface area contributed by atoms with Gasteiger partial charge in [-0.1, -0.05) is 32.5 Å². The molecule has 2 aliphatic rings. The lowest BCUT2D eigenvalue weighted by molar-refractivity contribution is 0.129. The summed E-state index contributed by atoms with van der Waals surface area (Å²) in [4.78, 5) is 17.6. The van der Waals surface area contributed by atoms with Gasteiger partial charge in [-0.25, -0.2) is 14.4 Å². The molecule has 11 heteroatoms. The zero-order valence-electron chi connectivity index (χ0n) is 24.8. The number of nitrogens with zero attached hydrogens (tertiary/aromatic N) is 6. The monoisotopic (exact) mass is 716 g/mol. The van der Waals surface area contributed by atoms with E-state index >= 15 is 0 Å². The van der Waals surface area contributed by atoms with E-state index in [4.69, 9.17) is 24.8 Å². The number of anilines is 1. The van der Waals surface area contributed by atoms with Crippen LogP contribution in [0.15, 0.2) is 29.7 Å². The van der Waals surface area contributed by atoms with Crippen molar-refractivity contribution in [3.05, 3.63) is 41.3 Å². The number of phenols is 1. The second-order valence-corrected chi connectivity index (χ2v) is 14.4. The van der Waals surface area contributed by atoms with E-state index in [9.17, 15) is 5.11 Å². The summed E-state index contributed by atoms with van der Waals surface area (Å²) in [6.07, 6.45) is 9.46. The molecule has 0 amide bonds. The van der Waals surface area contributed by atoms with Gasteiger partial charge in [0.05, 0.1) is 42.7 Å². The molecule has 1 aliphatic carbocycles. The van der Waals surface area contributed by atoms with Crippen LogP contribution in [0, 0.1) is 12.8 Å². The maximum atomic E-state index is 11.4. The van der Waals surface area contributed by atoms with Crippen molar-refractivity contribution >= 4 is 56.9 Å². The predicted molar refractivity (Wildman–Crippen MR) is 183 cm³/mol. The fraction of sp³-hybridized carbons (Fsp3) is 0.484. The average Bonchev–Trinajstić information content (AvgIpc) is 3.79. The van der Waals surface area contributed by atoms with E-state index in [2.05, 4.69) is 60.7 Å². The van der Waals surface area contributed by atoms with E-state index in [0.29, 0.717) is 30.6 Å². The zero-order valence-corrected chi connectivity index (χ0v) is 28.8. The van der Waals surface area contributed by atoms with E-state index in [1.54, 1.807) is 11.8 Å². The van der Waals surface area contributed by atoms with Crippen LogP contribution in [0.25, 0.3) is 33.3 Å². The van der Waals surface area contributed by atoms with Gasteiger partial charge in [0.25, 0.3) is 0 Å². The van der Waals surface area contributed by atoms with E-state index in [1.165, 1.54) is 5.56 Å². The van der Waals surface area contributed by atoms with Crippen LogP contribution in [-0.4, -0.2) is 62.2 Å². The number of pyridine rings is 1. The fourth-order valence-electron chi connectivity index (χ4n) is 6.21. The van der Waals surface area contributed by atoms with Crippen molar-refractivity contribution in [2.24, 2.45) is 5.92 Å². The second-order valence-electron chi connectivity index (χ2n) is 11.6. The Bertz CT molecular complexity index is 1630. The van der Waals surface area contributed by atoms with Gasteiger partial charge in [0.2, 0.25) is 0 Å². The number of aromatic hydroxyl groups is 1. The van der Waals surface area contributed by atoms with Crippen LogP contribution in [0.4, 0.5) is 5.82 Å². The smallest absolute Gasteiger partial charge is 0.189 e. The van der Waals surface area contributed by atoms with Gasteiger partial charge in [0.1, 0.15) is 11.6 Å². The Balaban J connectivity index is 1.66. The van der Waals surface area contributed by atoms with Crippen molar-refractivity contribution in [2.75, 3.05) is 37.5 Å². The van der Waals surface area contributed by atoms with Crippen molar-refractivity contribution in [2.45, 2.75) is 63.9 Å². The van der Waals surface area contributed by atoms with Crippen LogP contribution < -0.4 is 4.90 Å². The van der Waals surface area contributed by atoms with Gasteiger partial charge >= 0.3 is 0 Å². The van der Waals surface area contributed by atoms with Gasteiger partial charge in [-0.2, -0.15) is 5.10 Å². The molecule has 8 nitrogen and oxygen atoms in total. The van der Waals surface area contributed by atoms with Gasteiger partial charge < -0.3 is 14.7 Å². The molecule has 4 heterocycles. The first-order chi connectivity index (χ1) is 20.4. The largest absolute Gasteiger partial charge is 0.508 e. The third-order valence-corrected chi connectivity index (χ3v) is 11.0. The van der Waals surface area contributed by atoms with E-state index in [1.807, 2.05) is 29.2 Å². The molecule has 3 unspecified atom stereocenters. The quantitative estimate of drug-likeness (QED) is 0.0852. The number of phenolic OH excluding ortho intramolecular Hbond substituents is 1. The topological polar surface area (TPSA) is 89.2 Å².